The zero-order chi connectivity index (χ0) is 26.8. The third-order valence-corrected chi connectivity index (χ3v) is 25.1. The normalized spacial score (nSPS) is 12.7. The van der Waals surface area contributed by atoms with E-state index in [1.807, 2.05) is 0 Å². The molecule has 6 rings (SSSR count). The summed E-state index contributed by atoms with van der Waals surface area (Å²) in [6.45, 7) is 7.08. The Balaban J connectivity index is 1.69. The molecule has 0 unspecified atom stereocenters. The van der Waals surface area contributed by atoms with Crippen LogP contribution in [0.3, 0.4) is 0 Å². The molecule has 0 amide bonds. The Labute approximate surface area is 238 Å². The SMILES string of the molecule is CCCC[CH2][Sn]([CH2]CCCC)([CH2]CCCC)[c]1cccc2c3cccc4c5ccccc5c5cnc(c12)n5c43. The van der Waals surface area contributed by atoms with Crippen molar-refractivity contribution in [2.45, 2.75) is 91.9 Å². The van der Waals surface area contributed by atoms with E-state index in [9.17, 15) is 0 Å². The molecule has 0 aliphatic heterocycles. The van der Waals surface area contributed by atoms with Crippen molar-refractivity contribution >= 4 is 71.0 Å². The fourth-order valence-corrected chi connectivity index (χ4v) is 23.4. The van der Waals surface area contributed by atoms with Gasteiger partial charge >= 0.3 is 239 Å². The number of rotatable bonds is 13. The van der Waals surface area contributed by atoms with Crippen molar-refractivity contribution < 1.29 is 0 Å². The molecule has 6 aromatic rings. The first-order valence-electron chi connectivity index (χ1n) is 15.7. The van der Waals surface area contributed by atoms with E-state index in [1.165, 1.54) is 120 Å². The summed E-state index contributed by atoms with van der Waals surface area (Å²) >= 11 is -2.77. The predicted molar refractivity (Wildman–Crippen MR) is 175 cm³/mol. The van der Waals surface area contributed by atoms with Crippen molar-refractivity contribution in [3.8, 4) is 0 Å². The molecule has 202 valence electrons. The topological polar surface area (TPSA) is 17.3 Å². The van der Waals surface area contributed by atoms with E-state index in [2.05, 4.69) is 92.0 Å². The first-order valence-corrected chi connectivity index (χ1v) is 23.2. The zero-order valence-corrected chi connectivity index (χ0v) is 27.1. The summed E-state index contributed by atoms with van der Waals surface area (Å²) < 4.78 is 8.79. The minimum absolute atomic E-state index is 1.20. The monoisotopic (exact) mass is 624 g/mol. The van der Waals surface area contributed by atoms with Gasteiger partial charge in [0.05, 0.1) is 0 Å². The van der Waals surface area contributed by atoms with Gasteiger partial charge in [0.1, 0.15) is 0 Å². The number of nitrogens with zero attached hydrogens (tertiary/aromatic N) is 2. The molecule has 3 heteroatoms. The molecule has 3 aromatic heterocycles. The van der Waals surface area contributed by atoms with Crippen LogP contribution in [-0.2, 0) is 0 Å². The van der Waals surface area contributed by atoms with Crippen LogP contribution in [0, 0.1) is 0 Å². The van der Waals surface area contributed by atoms with E-state index < -0.39 is 18.4 Å². The number of aromatic nitrogens is 2. The summed E-state index contributed by atoms with van der Waals surface area (Å²) in [5.74, 6) is 0. The number of hydrogen-bond acceptors (Lipinski definition) is 1. The summed E-state index contributed by atoms with van der Waals surface area (Å²) in [6.07, 6.45) is 14.4. The van der Waals surface area contributed by atoms with Gasteiger partial charge in [-0.15, -0.1) is 0 Å². The second-order valence-electron chi connectivity index (χ2n) is 11.9. The average Bonchev–Trinajstić information content (AvgIpc) is 3.43. The summed E-state index contributed by atoms with van der Waals surface area (Å²) in [5, 5.41) is 8.30. The summed E-state index contributed by atoms with van der Waals surface area (Å²) in [7, 11) is 0. The van der Waals surface area contributed by atoms with Crippen LogP contribution in [0.25, 0.3) is 49.0 Å². The molecule has 0 N–H and O–H groups in total. The van der Waals surface area contributed by atoms with Crippen molar-refractivity contribution in [2.75, 3.05) is 0 Å². The Kier molecular flexibility index (Phi) is 8.02. The van der Waals surface area contributed by atoms with Crippen LogP contribution in [0.2, 0.25) is 13.3 Å². The number of imidazole rings is 1. The Morgan fingerprint density at radius 2 is 1.13 bits per heavy atom. The molecule has 0 atom stereocenters. The molecule has 0 radical (unpaired) electrons. The van der Waals surface area contributed by atoms with Crippen molar-refractivity contribution in [2.24, 2.45) is 0 Å². The second kappa shape index (κ2) is 11.6. The van der Waals surface area contributed by atoms with Crippen LogP contribution < -0.4 is 3.58 Å². The first kappa shape index (κ1) is 26.9. The van der Waals surface area contributed by atoms with E-state index in [4.69, 9.17) is 4.98 Å². The number of para-hydroxylation sites is 1. The quantitative estimate of drug-likeness (QED) is 0.0542. The van der Waals surface area contributed by atoms with Gasteiger partial charge in [0.15, 0.2) is 0 Å². The molecule has 39 heavy (non-hydrogen) atoms. The van der Waals surface area contributed by atoms with Crippen LogP contribution in [0.4, 0.5) is 0 Å². The number of benzene rings is 3. The summed E-state index contributed by atoms with van der Waals surface area (Å²) in [4.78, 5) is 5.26. The summed E-state index contributed by atoms with van der Waals surface area (Å²) in [6, 6.07) is 23.2. The van der Waals surface area contributed by atoms with Crippen molar-refractivity contribution in [1.29, 1.82) is 0 Å². The molecule has 0 fully saturated rings. The van der Waals surface area contributed by atoms with E-state index in [1.54, 1.807) is 3.58 Å². The molecular formula is C36H44N2Sn. The van der Waals surface area contributed by atoms with E-state index in [0.29, 0.717) is 0 Å². The third kappa shape index (κ3) is 4.61. The number of pyridine rings is 2. The molecular weight excluding hydrogens is 579 g/mol. The number of hydrogen-bond donors (Lipinski definition) is 0. The molecule has 0 aliphatic rings. The molecule has 0 aliphatic carbocycles. The van der Waals surface area contributed by atoms with Crippen LogP contribution in [0.5, 0.6) is 0 Å². The second-order valence-corrected chi connectivity index (χ2v) is 25.1. The Morgan fingerprint density at radius 3 is 1.77 bits per heavy atom. The fourth-order valence-electron chi connectivity index (χ4n) is 7.48. The van der Waals surface area contributed by atoms with E-state index in [-0.39, 0.29) is 0 Å². The maximum atomic E-state index is 5.26. The van der Waals surface area contributed by atoms with Gasteiger partial charge in [-0.1, -0.05) is 0 Å². The molecule has 3 heterocycles. The standard InChI is InChI=1S/C21H11N2.3C5H11.Sn/c1-3-8-15-13(6-1)16-10-5-11-17-14-7-2-4-9-18(14)21-22-12-19(15)23(21)20(16)17;3*1-3-5-4-2;/h1-8,10-12H;3*1,3-5H2,2H3;. The maximum absolute atomic E-state index is 5.26. The Bertz CT molecular complexity index is 1690. The molecule has 3 aromatic carbocycles. The third-order valence-electron chi connectivity index (χ3n) is 9.44. The van der Waals surface area contributed by atoms with Gasteiger partial charge in [-0.25, -0.2) is 0 Å². The van der Waals surface area contributed by atoms with Gasteiger partial charge in [0.2, 0.25) is 0 Å². The van der Waals surface area contributed by atoms with Crippen molar-refractivity contribution in [3.05, 3.63) is 66.9 Å². The van der Waals surface area contributed by atoms with Gasteiger partial charge in [-0.2, -0.15) is 0 Å². The molecule has 0 spiro atoms. The average molecular weight is 623 g/mol. The van der Waals surface area contributed by atoms with E-state index in [0.717, 1.165) is 0 Å². The molecule has 0 saturated carbocycles. The minimum atomic E-state index is -2.77. The first-order chi connectivity index (χ1) is 19.2. The fraction of sp³-hybridized carbons (Fsp3) is 0.417. The van der Waals surface area contributed by atoms with Crippen LogP contribution in [0.15, 0.2) is 66.9 Å². The van der Waals surface area contributed by atoms with Gasteiger partial charge in [-0.05, 0) is 0 Å². The predicted octanol–water partition coefficient (Wildman–Crippen LogP) is 10.6. The van der Waals surface area contributed by atoms with E-state index >= 15 is 0 Å². The van der Waals surface area contributed by atoms with Gasteiger partial charge in [0, 0.05) is 0 Å². The van der Waals surface area contributed by atoms with Crippen LogP contribution in [-0.4, -0.2) is 27.8 Å². The molecule has 2 nitrogen and oxygen atoms in total. The number of unbranched alkanes of at least 4 members (excludes halogenated alkanes) is 6. The van der Waals surface area contributed by atoms with Crippen molar-refractivity contribution in [1.82, 2.24) is 9.38 Å². The zero-order valence-electron chi connectivity index (χ0n) is 24.2. The van der Waals surface area contributed by atoms with Gasteiger partial charge in [-0.3, -0.25) is 0 Å². The van der Waals surface area contributed by atoms with Crippen LogP contribution >= 0.6 is 0 Å². The van der Waals surface area contributed by atoms with Gasteiger partial charge in [0.25, 0.3) is 0 Å². The molecule has 0 bridgehead atoms. The Hall–Kier alpha value is -2.33. The Morgan fingerprint density at radius 1 is 0.590 bits per heavy atom. The van der Waals surface area contributed by atoms with Crippen LogP contribution in [0.1, 0.15) is 78.6 Å². The summed E-state index contributed by atoms with van der Waals surface area (Å²) in [5.41, 5.74) is 3.80. The van der Waals surface area contributed by atoms with Gasteiger partial charge < -0.3 is 0 Å². The number of fused-ring (bicyclic) bond motifs is 6. The van der Waals surface area contributed by atoms with Crippen molar-refractivity contribution in [3.63, 3.8) is 0 Å². The molecule has 0 saturated heterocycles.